The molecule has 136 valence electrons. The van der Waals surface area contributed by atoms with Gasteiger partial charge in [-0.05, 0) is 49.4 Å². The van der Waals surface area contributed by atoms with E-state index in [-0.39, 0.29) is 11.5 Å². The van der Waals surface area contributed by atoms with Crippen LogP contribution in [0.4, 0.5) is 0 Å². The van der Waals surface area contributed by atoms with E-state index in [1.165, 1.54) is 0 Å². The molecule has 5 heteroatoms. The maximum absolute atomic E-state index is 12.9. The van der Waals surface area contributed by atoms with E-state index in [0.717, 1.165) is 42.9 Å². The van der Waals surface area contributed by atoms with Crippen molar-refractivity contribution < 1.29 is 4.79 Å². The largest absolute Gasteiger partial charge is 0.343 e. The van der Waals surface area contributed by atoms with Gasteiger partial charge in [0.1, 0.15) is 5.52 Å². The third kappa shape index (κ3) is 3.02. The number of hydrogen-bond donors (Lipinski definition) is 0. The average molecular weight is 351 g/mol. The molecule has 2 aromatic heterocycles. The highest BCUT2D eigenvalue weighted by molar-refractivity contribution is 5.79. The standard InChI is InChI=1S/C21H25N3O2/c1-16-10-14-22(15-11-16)20(25)9-5-13-24-18-7-3-2-6-17(18)23-12-4-8-19(23)21(24)26/h2-4,6-8,12,16H,5,9-11,13-15H2,1H3. The number of aryl methyl sites for hydroxylation is 1. The Morgan fingerprint density at radius 1 is 1.04 bits per heavy atom. The number of para-hydroxylation sites is 2. The summed E-state index contributed by atoms with van der Waals surface area (Å²) in [7, 11) is 0. The molecule has 1 amide bonds. The van der Waals surface area contributed by atoms with Crippen LogP contribution in [0.15, 0.2) is 47.4 Å². The van der Waals surface area contributed by atoms with Gasteiger partial charge in [0, 0.05) is 32.3 Å². The quantitative estimate of drug-likeness (QED) is 0.724. The van der Waals surface area contributed by atoms with Crippen molar-refractivity contribution in [2.75, 3.05) is 13.1 Å². The minimum atomic E-state index is 0.00736. The van der Waals surface area contributed by atoms with Crippen molar-refractivity contribution in [1.29, 1.82) is 0 Å². The Kier molecular flexibility index (Phi) is 4.53. The molecule has 4 rings (SSSR count). The van der Waals surface area contributed by atoms with Gasteiger partial charge in [0.05, 0.1) is 11.0 Å². The molecule has 1 fully saturated rings. The minimum Gasteiger partial charge on any atom is -0.343 e. The topological polar surface area (TPSA) is 46.7 Å². The molecule has 0 spiro atoms. The molecule has 0 unspecified atom stereocenters. The molecule has 3 heterocycles. The van der Waals surface area contributed by atoms with Crippen molar-refractivity contribution >= 4 is 22.5 Å². The van der Waals surface area contributed by atoms with E-state index in [1.54, 1.807) is 0 Å². The van der Waals surface area contributed by atoms with Crippen LogP contribution in [0, 0.1) is 5.92 Å². The van der Waals surface area contributed by atoms with Crippen LogP contribution in [-0.2, 0) is 11.3 Å². The summed E-state index contributed by atoms with van der Waals surface area (Å²) in [5.74, 6) is 0.941. The van der Waals surface area contributed by atoms with Gasteiger partial charge >= 0.3 is 0 Å². The van der Waals surface area contributed by atoms with E-state index < -0.39 is 0 Å². The van der Waals surface area contributed by atoms with Gasteiger partial charge in [-0.2, -0.15) is 0 Å². The maximum Gasteiger partial charge on any atom is 0.275 e. The van der Waals surface area contributed by atoms with Crippen LogP contribution in [0.1, 0.15) is 32.6 Å². The number of aromatic nitrogens is 2. The number of amides is 1. The second-order valence-corrected chi connectivity index (χ2v) is 7.38. The normalized spacial score (nSPS) is 15.8. The molecule has 0 atom stereocenters. The fraction of sp³-hybridized carbons (Fsp3) is 0.429. The van der Waals surface area contributed by atoms with Gasteiger partial charge in [-0.15, -0.1) is 0 Å². The van der Waals surface area contributed by atoms with Crippen molar-refractivity contribution in [2.24, 2.45) is 5.92 Å². The van der Waals surface area contributed by atoms with Crippen LogP contribution in [-0.4, -0.2) is 32.9 Å². The number of fused-ring (bicyclic) bond motifs is 3. The zero-order valence-electron chi connectivity index (χ0n) is 15.2. The van der Waals surface area contributed by atoms with E-state index in [0.29, 0.717) is 24.9 Å². The number of rotatable bonds is 4. The molecule has 1 saturated heterocycles. The Hall–Kier alpha value is -2.56. The van der Waals surface area contributed by atoms with Crippen LogP contribution in [0.3, 0.4) is 0 Å². The second-order valence-electron chi connectivity index (χ2n) is 7.38. The SMILES string of the molecule is CC1CCN(C(=O)CCCn2c(=O)c3cccn3c3ccccc32)CC1. The Morgan fingerprint density at radius 2 is 1.73 bits per heavy atom. The summed E-state index contributed by atoms with van der Waals surface area (Å²) in [4.78, 5) is 27.3. The van der Waals surface area contributed by atoms with Gasteiger partial charge in [-0.3, -0.25) is 9.59 Å². The predicted molar refractivity (Wildman–Crippen MR) is 103 cm³/mol. The molecule has 5 nitrogen and oxygen atoms in total. The van der Waals surface area contributed by atoms with E-state index in [9.17, 15) is 9.59 Å². The number of likely N-dealkylation sites (tertiary alicyclic amines) is 1. The fourth-order valence-corrected chi connectivity index (χ4v) is 3.94. The van der Waals surface area contributed by atoms with E-state index >= 15 is 0 Å². The summed E-state index contributed by atoms with van der Waals surface area (Å²) < 4.78 is 3.75. The van der Waals surface area contributed by atoms with Crippen LogP contribution in [0.2, 0.25) is 0 Å². The highest BCUT2D eigenvalue weighted by atomic mass is 16.2. The van der Waals surface area contributed by atoms with Crippen LogP contribution in [0.25, 0.3) is 16.6 Å². The average Bonchev–Trinajstić information content (AvgIpc) is 3.15. The van der Waals surface area contributed by atoms with Gasteiger partial charge in [0.2, 0.25) is 5.91 Å². The van der Waals surface area contributed by atoms with Gasteiger partial charge in [-0.1, -0.05) is 19.1 Å². The van der Waals surface area contributed by atoms with Crippen LogP contribution >= 0.6 is 0 Å². The third-order valence-corrected chi connectivity index (χ3v) is 5.55. The zero-order chi connectivity index (χ0) is 18.1. The summed E-state index contributed by atoms with van der Waals surface area (Å²) in [6, 6.07) is 11.7. The molecule has 0 aliphatic carbocycles. The molecule has 0 radical (unpaired) electrons. The van der Waals surface area contributed by atoms with Crippen molar-refractivity contribution in [1.82, 2.24) is 13.9 Å². The molecule has 0 saturated carbocycles. The van der Waals surface area contributed by atoms with Crippen molar-refractivity contribution in [3.63, 3.8) is 0 Å². The summed E-state index contributed by atoms with van der Waals surface area (Å²) in [6.07, 6.45) is 5.30. The van der Waals surface area contributed by atoms with Gasteiger partial charge < -0.3 is 13.9 Å². The summed E-state index contributed by atoms with van der Waals surface area (Å²) in [5, 5.41) is 0. The Balaban J connectivity index is 1.53. The monoisotopic (exact) mass is 351 g/mol. The maximum atomic E-state index is 12.9. The molecule has 0 bridgehead atoms. The number of piperidine rings is 1. The van der Waals surface area contributed by atoms with Crippen molar-refractivity contribution in [3.05, 3.63) is 52.9 Å². The molecule has 1 aliphatic heterocycles. The Labute approximate surface area is 152 Å². The first kappa shape index (κ1) is 16.9. The molecular weight excluding hydrogens is 326 g/mol. The summed E-state index contributed by atoms with van der Waals surface area (Å²) in [6.45, 7) is 4.56. The number of hydrogen-bond acceptors (Lipinski definition) is 2. The van der Waals surface area contributed by atoms with E-state index in [2.05, 4.69) is 6.92 Å². The van der Waals surface area contributed by atoms with Gasteiger partial charge in [-0.25, -0.2) is 0 Å². The second kappa shape index (κ2) is 6.98. The molecule has 26 heavy (non-hydrogen) atoms. The summed E-state index contributed by atoms with van der Waals surface area (Å²) in [5.41, 5.74) is 2.62. The molecule has 1 aliphatic rings. The molecule has 1 aromatic carbocycles. The van der Waals surface area contributed by atoms with Crippen molar-refractivity contribution in [3.8, 4) is 0 Å². The highest BCUT2D eigenvalue weighted by Gasteiger charge is 2.20. The smallest absolute Gasteiger partial charge is 0.275 e. The van der Waals surface area contributed by atoms with Crippen molar-refractivity contribution in [2.45, 2.75) is 39.2 Å². The van der Waals surface area contributed by atoms with Gasteiger partial charge in [0.15, 0.2) is 0 Å². The van der Waals surface area contributed by atoms with Crippen LogP contribution in [0.5, 0.6) is 0 Å². The Bertz CT molecular complexity index is 993. The first-order chi connectivity index (χ1) is 12.6. The number of benzene rings is 1. The van der Waals surface area contributed by atoms with E-state index in [4.69, 9.17) is 0 Å². The minimum absolute atomic E-state index is 0.00736. The molecular formula is C21H25N3O2. The van der Waals surface area contributed by atoms with Crippen LogP contribution < -0.4 is 5.56 Å². The summed E-state index contributed by atoms with van der Waals surface area (Å²) >= 11 is 0. The number of nitrogens with zero attached hydrogens (tertiary/aromatic N) is 3. The van der Waals surface area contributed by atoms with E-state index in [1.807, 2.05) is 56.5 Å². The highest BCUT2D eigenvalue weighted by Crippen LogP contribution is 2.18. The third-order valence-electron chi connectivity index (χ3n) is 5.55. The molecule has 3 aromatic rings. The lowest BCUT2D eigenvalue weighted by Gasteiger charge is -2.30. The van der Waals surface area contributed by atoms with Gasteiger partial charge in [0.25, 0.3) is 5.56 Å². The first-order valence-corrected chi connectivity index (χ1v) is 9.51. The Morgan fingerprint density at radius 3 is 2.50 bits per heavy atom. The lowest BCUT2D eigenvalue weighted by atomic mass is 9.99. The fourth-order valence-electron chi connectivity index (χ4n) is 3.94. The lowest BCUT2D eigenvalue weighted by molar-refractivity contribution is -0.132. The molecule has 0 N–H and O–H groups in total. The predicted octanol–water partition coefficient (Wildman–Crippen LogP) is 3.29. The number of carbonyl (C=O) groups is 1. The number of carbonyl (C=O) groups excluding carboxylic acids is 1. The zero-order valence-corrected chi connectivity index (χ0v) is 15.2. The first-order valence-electron chi connectivity index (χ1n) is 9.51. The lowest BCUT2D eigenvalue weighted by Crippen LogP contribution is -2.38.